The fourth-order valence-electron chi connectivity index (χ4n) is 3.09. The third kappa shape index (κ3) is 5.91. The van der Waals surface area contributed by atoms with E-state index in [2.05, 4.69) is 15.5 Å². The zero-order chi connectivity index (χ0) is 24.0. The number of halogens is 1. The van der Waals surface area contributed by atoms with Crippen molar-refractivity contribution in [3.8, 4) is 11.4 Å². The third-order valence-corrected chi connectivity index (χ3v) is 6.99. The van der Waals surface area contributed by atoms with Crippen LogP contribution in [-0.4, -0.2) is 41.9 Å². The predicted octanol–water partition coefficient (Wildman–Crippen LogP) is 3.80. The normalized spacial score (nSPS) is 12.9. The molecule has 8 nitrogen and oxygen atoms in total. The van der Waals surface area contributed by atoms with Gasteiger partial charge in [0.05, 0.1) is 4.90 Å². The summed E-state index contributed by atoms with van der Waals surface area (Å²) < 4.78 is 44.7. The largest absolute Gasteiger partial charge is 0.341 e. The van der Waals surface area contributed by atoms with Crippen LogP contribution in [-0.2, 0) is 14.8 Å². The van der Waals surface area contributed by atoms with Gasteiger partial charge < -0.3 is 9.84 Å². The summed E-state index contributed by atoms with van der Waals surface area (Å²) in [4.78, 5) is 16.7. The Hall–Kier alpha value is -3.37. The first-order valence-corrected chi connectivity index (χ1v) is 11.9. The van der Waals surface area contributed by atoms with Crippen molar-refractivity contribution in [3.05, 3.63) is 71.9 Å². The van der Waals surface area contributed by atoms with Gasteiger partial charge >= 0.3 is 0 Å². The van der Waals surface area contributed by atoms with E-state index in [-0.39, 0.29) is 22.5 Å². The standard InChI is InChI=1S/C23H25FN4O4S/c1-4-28(5-2)33(30,31)20-13-6-17(7-14-20)8-15-21(29)25-16(3)23-26-22(27-32-23)18-9-11-19(24)12-10-18/h6-16H,4-5H2,1-3H3,(H,25,29)/b15-8+. The number of hydrogen-bond acceptors (Lipinski definition) is 6. The maximum absolute atomic E-state index is 13.1. The fraction of sp³-hybridized carbons (Fsp3) is 0.261. The molecule has 0 radical (unpaired) electrons. The average molecular weight is 473 g/mol. The molecule has 1 aromatic heterocycles. The van der Waals surface area contributed by atoms with Gasteiger partial charge in [-0.15, -0.1) is 0 Å². The number of nitrogens with one attached hydrogen (secondary N) is 1. The van der Waals surface area contributed by atoms with E-state index >= 15 is 0 Å². The van der Waals surface area contributed by atoms with Crippen molar-refractivity contribution in [1.29, 1.82) is 0 Å². The second-order valence-corrected chi connectivity index (χ2v) is 9.12. The van der Waals surface area contributed by atoms with Crippen LogP contribution in [0.3, 0.4) is 0 Å². The van der Waals surface area contributed by atoms with Crippen LogP contribution in [0.4, 0.5) is 4.39 Å². The third-order valence-electron chi connectivity index (χ3n) is 4.92. The number of rotatable bonds is 9. The van der Waals surface area contributed by atoms with Crippen LogP contribution in [0.5, 0.6) is 0 Å². The van der Waals surface area contributed by atoms with Gasteiger partial charge in [-0.25, -0.2) is 12.8 Å². The van der Waals surface area contributed by atoms with E-state index < -0.39 is 16.1 Å². The van der Waals surface area contributed by atoms with Crippen molar-refractivity contribution < 1.29 is 22.1 Å². The van der Waals surface area contributed by atoms with Gasteiger partial charge in [-0.3, -0.25) is 4.79 Å². The Morgan fingerprint density at radius 2 is 1.76 bits per heavy atom. The van der Waals surface area contributed by atoms with Crippen LogP contribution in [0.25, 0.3) is 17.5 Å². The Balaban J connectivity index is 1.61. The average Bonchev–Trinajstić information content (AvgIpc) is 3.29. The zero-order valence-electron chi connectivity index (χ0n) is 18.5. The topological polar surface area (TPSA) is 105 Å². The van der Waals surface area contributed by atoms with Crippen LogP contribution < -0.4 is 5.32 Å². The van der Waals surface area contributed by atoms with Crippen molar-refractivity contribution in [1.82, 2.24) is 19.8 Å². The van der Waals surface area contributed by atoms with Crippen LogP contribution in [0, 0.1) is 5.82 Å². The number of carbonyl (C=O) groups is 1. The Bertz CT molecular complexity index is 1220. The second-order valence-electron chi connectivity index (χ2n) is 7.19. The lowest BCUT2D eigenvalue weighted by Gasteiger charge is -2.18. The number of amides is 1. The molecule has 1 atom stereocenters. The Labute approximate surface area is 192 Å². The van der Waals surface area contributed by atoms with Crippen molar-refractivity contribution in [3.63, 3.8) is 0 Å². The SMILES string of the molecule is CCN(CC)S(=O)(=O)c1ccc(/C=C/C(=O)NC(C)c2nc(-c3ccc(F)cc3)no2)cc1. The van der Waals surface area contributed by atoms with Gasteiger partial charge in [-0.1, -0.05) is 31.1 Å². The molecule has 0 spiro atoms. The quantitative estimate of drug-likeness (QED) is 0.475. The first-order valence-electron chi connectivity index (χ1n) is 10.4. The zero-order valence-corrected chi connectivity index (χ0v) is 19.3. The minimum atomic E-state index is -3.53. The number of sulfonamides is 1. The summed E-state index contributed by atoms with van der Waals surface area (Å²) in [7, 11) is -3.53. The molecular weight excluding hydrogens is 447 g/mol. The van der Waals surface area contributed by atoms with E-state index in [0.29, 0.717) is 30.0 Å². The summed E-state index contributed by atoms with van der Waals surface area (Å²) in [6.07, 6.45) is 2.91. The van der Waals surface area contributed by atoms with Gasteiger partial charge in [0.2, 0.25) is 27.6 Å². The van der Waals surface area contributed by atoms with E-state index in [9.17, 15) is 17.6 Å². The summed E-state index contributed by atoms with van der Waals surface area (Å²) in [5.41, 5.74) is 1.27. The summed E-state index contributed by atoms with van der Waals surface area (Å²) in [5.74, 6) is -0.248. The summed E-state index contributed by atoms with van der Waals surface area (Å²) in [6.45, 7) is 6.06. The molecule has 2 aromatic carbocycles. The highest BCUT2D eigenvalue weighted by Gasteiger charge is 2.21. The van der Waals surface area contributed by atoms with E-state index in [4.69, 9.17) is 4.52 Å². The molecule has 1 amide bonds. The monoisotopic (exact) mass is 472 g/mol. The van der Waals surface area contributed by atoms with E-state index in [0.717, 1.165) is 0 Å². The van der Waals surface area contributed by atoms with Crippen molar-refractivity contribution >= 4 is 22.0 Å². The second kappa shape index (κ2) is 10.5. The lowest BCUT2D eigenvalue weighted by Crippen LogP contribution is -2.30. The number of hydrogen-bond donors (Lipinski definition) is 1. The molecule has 0 bridgehead atoms. The molecule has 1 N–H and O–H groups in total. The van der Waals surface area contributed by atoms with E-state index in [1.807, 2.05) is 0 Å². The van der Waals surface area contributed by atoms with Crippen molar-refractivity contribution in [2.45, 2.75) is 31.7 Å². The lowest BCUT2D eigenvalue weighted by atomic mass is 10.2. The Morgan fingerprint density at radius 3 is 2.36 bits per heavy atom. The molecule has 0 aliphatic carbocycles. The summed E-state index contributed by atoms with van der Waals surface area (Å²) >= 11 is 0. The number of benzene rings is 2. The number of nitrogens with zero attached hydrogens (tertiary/aromatic N) is 3. The lowest BCUT2D eigenvalue weighted by molar-refractivity contribution is -0.117. The first kappa shape index (κ1) is 24.3. The van der Waals surface area contributed by atoms with Gasteiger partial charge in [0.1, 0.15) is 11.9 Å². The van der Waals surface area contributed by atoms with Gasteiger partial charge in [-0.05, 0) is 55.0 Å². The molecule has 1 unspecified atom stereocenters. The highest BCUT2D eigenvalue weighted by Crippen LogP contribution is 2.19. The molecule has 0 aliphatic rings. The van der Waals surface area contributed by atoms with Gasteiger partial charge in [0.25, 0.3) is 0 Å². The van der Waals surface area contributed by atoms with Gasteiger partial charge in [0, 0.05) is 24.7 Å². The molecule has 174 valence electrons. The first-order chi connectivity index (χ1) is 15.7. The molecule has 10 heteroatoms. The van der Waals surface area contributed by atoms with Crippen LogP contribution in [0.2, 0.25) is 0 Å². The van der Waals surface area contributed by atoms with Crippen molar-refractivity contribution in [2.75, 3.05) is 13.1 Å². The van der Waals surface area contributed by atoms with Gasteiger partial charge in [-0.2, -0.15) is 9.29 Å². The van der Waals surface area contributed by atoms with Crippen LogP contribution in [0.1, 0.15) is 38.3 Å². The smallest absolute Gasteiger partial charge is 0.249 e. The highest BCUT2D eigenvalue weighted by molar-refractivity contribution is 7.89. The Morgan fingerprint density at radius 1 is 1.12 bits per heavy atom. The molecule has 0 saturated carbocycles. The molecule has 0 aliphatic heterocycles. The maximum atomic E-state index is 13.1. The molecule has 1 heterocycles. The summed E-state index contributed by atoms with van der Waals surface area (Å²) in [6, 6.07) is 11.4. The molecule has 0 saturated heterocycles. The molecule has 3 aromatic rings. The molecule has 33 heavy (non-hydrogen) atoms. The van der Waals surface area contributed by atoms with Crippen LogP contribution >= 0.6 is 0 Å². The minimum Gasteiger partial charge on any atom is -0.341 e. The van der Waals surface area contributed by atoms with Gasteiger partial charge in [0.15, 0.2) is 0 Å². The Kier molecular flexibility index (Phi) is 7.72. The maximum Gasteiger partial charge on any atom is 0.249 e. The molecule has 3 rings (SSSR count). The van der Waals surface area contributed by atoms with Crippen molar-refractivity contribution in [2.24, 2.45) is 0 Å². The van der Waals surface area contributed by atoms with Crippen LogP contribution in [0.15, 0.2) is 64.0 Å². The number of aromatic nitrogens is 2. The summed E-state index contributed by atoms with van der Waals surface area (Å²) in [5, 5.41) is 6.58. The molecule has 0 fully saturated rings. The number of carbonyl (C=O) groups excluding carboxylic acids is 1. The van der Waals surface area contributed by atoms with E-state index in [1.54, 1.807) is 39.0 Å². The predicted molar refractivity (Wildman–Crippen MR) is 122 cm³/mol. The highest BCUT2D eigenvalue weighted by atomic mass is 32.2. The fourth-order valence-corrected chi connectivity index (χ4v) is 4.54. The molecular formula is C23H25FN4O4S. The van der Waals surface area contributed by atoms with E-state index in [1.165, 1.54) is 46.8 Å². The minimum absolute atomic E-state index is 0.203.